The Morgan fingerprint density at radius 2 is 1.40 bits per heavy atom. The van der Waals surface area contributed by atoms with E-state index in [1.165, 1.54) is 36.4 Å². The van der Waals surface area contributed by atoms with E-state index in [1.807, 2.05) is 0 Å². The van der Waals surface area contributed by atoms with E-state index in [-0.39, 0.29) is 11.1 Å². The Morgan fingerprint density at radius 1 is 0.900 bits per heavy atom. The van der Waals surface area contributed by atoms with Crippen molar-refractivity contribution in [2.45, 2.75) is 25.1 Å². The van der Waals surface area contributed by atoms with Crippen LogP contribution in [0.1, 0.15) is 27.6 Å². The maximum atomic E-state index is 14.3. The number of hydrogen-bond acceptors (Lipinski definition) is 7. The largest absolute Gasteiger partial charge is 0.458 e. The minimum Gasteiger partial charge on any atom is -0.458 e. The number of alkyl halides is 2. The van der Waals surface area contributed by atoms with Gasteiger partial charge in [-0.25, -0.2) is 9.59 Å². The molecule has 2 rings (SSSR count). The van der Waals surface area contributed by atoms with Gasteiger partial charge in [-0.05, 0) is 24.3 Å². The summed E-state index contributed by atoms with van der Waals surface area (Å²) in [5.74, 6) is -7.27. The molecule has 2 atom stereocenters. The highest BCUT2D eigenvalue weighted by Gasteiger charge is 2.49. The van der Waals surface area contributed by atoms with Crippen molar-refractivity contribution < 1.29 is 42.2 Å². The number of benzene rings is 2. The third-order valence-electron chi connectivity index (χ3n) is 3.82. The lowest BCUT2D eigenvalue weighted by Crippen LogP contribution is -2.50. The number of ether oxygens (including phenoxy) is 3. The molecule has 0 fully saturated rings. The maximum absolute atomic E-state index is 14.3. The number of aldehydes is 1. The molecule has 7 nitrogen and oxygen atoms in total. The molecule has 0 saturated carbocycles. The van der Waals surface area contributed by atoms with E-state index in [0.29, 0.717) is 0 Å². The fraction of sp³-hybridized carbons (Fsp3) is 0.238. The topological polar surface area (TPSA) is 96.0 Å². The second-order valence-corrected chi connectivity index (χ2v) is 6.10. The number of esters is 3. The molecule has 0 N–H and O–H groups in total. The van der Waals surface area contributed by atoms with Gasteiger partial charge in [0.15, 0.2) is 12.4 Å². The van der Waals surface area contributed by atoms with Gasteiger partial charge in [-0.2, -0.15) is 8.78 Å². The van der Waals surface area contributed by atoms with E-state index < -0.39 is 48.9 Å². The average molecular weight is 420 g/mol. The van der Waals surface area contributed by atoms with Gasteiger partial charge in [-0.1, -0.05) is 36.4 Å². The Morgan fingerprint density at radius 3 is 1.87 bits per heavy atom. The molecule has 2 aromatic carbocycles. The number of hydrogen-bond donors (Lipinski definition) is 0. The van der Waals surface area contributed by atoms with Gasteiger partial charge in [0.2, 0.25) is 6.10 Å². The molecule has 0 heterocycles. The van der Waals surface area contributed by atoms with Crippen LogP contribution in [0.2, 0.25) is 0 Å². The number of halogens is 2. The van der Waals surface area contributed by atoms with Gasteiger partial charge in [0, 0.05) is 6.92 Å². The molecule has 0 aliphatic rings. The van der Waals surface area contributed by atoms with E-state index in [2.05, 4.69) is 0 Å². The first-order chi connectivity index (χ1) is 14.2. The van der Waals surface area contributed by atoms with E-state index in [9.17, 15) is 28.0 Å². The number of carbonyl (C=O) groups excluding carboxylic acids is 4. The summed E-state index contributed by atoms with van der Waals surface area (Å²) in [7, 11) is 0. The van der Waals surface area contributed by atoms with Crippen molar-refractivity contribution in [2.75, 3.05) is 6.61 Å². The summed E-state index contributed by atoms with van der Waals surface area (Å²) in [4.78, 5) is 46.7. The Kier molecular flexibility index (Phi) is 7.74. The summed E-state index contributed by atoms with van der Waals surface area (Å²) in [6.45, 7) is 0.0601. The zero-order valence-electron chi connectivity index (χ0n) is 15.8. The van der Waals surface area contributed by atoms with E-state index in [1.54, 1.807) is 24.3 Å². The Balaban J connectivity index is 2.24. The summed E-state index contributed by atoms with van der Waals surface area (Å²) in [6, 6.07) is 14.8. The lowest BCUT2D eigenvalue weighted by Gasteiger charge is -2.29. The molecule has 0 radical (unpaired) electrons. The summed E-state index contributed by atoms with van der Waals surface area (Å²) < 4.78 is 43.1. The third-order valence-corrected chi connectivity index (χ3v) is 3.82. The van der Waals surface area contributed by atoms with Crippen molar-refractivity contribution in [1.29, 1.82) is 0 Å². The van der Waals surface area contributed by atoms with Crippen molar-refractivity contribution >= 4 is 24.2 Å². The number of carbonyl (C=O) groups is 4. The van der Waals surface area contributed by atoms with Crippen molar-refractivity contribution in [1.82, 2.24) is 0 Å². The fourth-order valence-electron chi connectivity index (χ4n) is 2.44. The quantitative estimate of drug-likeness (QED) is 0.350. The zero-order chi connectivity index (χ0) is 22.1. The summed E-state index contributed by atoms with van der Waals surface area (Å²) in [5, 5.41) is 0. The van der Waals surface area contributed by atoms with E-state index >= 15 is 0 Å². The molecule has 0 aromatic heterocycles. The first-order valence-corrected chi connectivity index (χ1v) is 8.74. The van der Waals surface area contributed by atoms with Crippen LogP contribution in [-0.2, 0) is 23.8 Å². The predicted molar refractivity (Wildman–Crippen MR) is 98.9 cm³/mol. The van der Waals surface area contributed by atoms with Gasteiger partial charge >= 0.3 is 23.8 Å². The Hall–Kier alpha value is -3.62. The van der Waals surface area contributed by atoms with Crippen LogP contribution in [0.4, 0.5) is 8.78 Å². The standard InChI is InChI=1S/C21H18F2O7/c1-14(25)29-17(12-28-19(26)15-8-4-2-5-9-15)18(21(22,23)13-24)30-20(27)16-10-6-3-7-11-16/h2-11,13,17-18H,12H2,1H3/t17-,18-/m1/s1. The minimum atomic E-state index is -4.22. The second-order valence-electron chi connectivity index (χ2n) is 6.10. The molecule has 0 spiro atoms. The highest BCUT2D eigenvalue weighted by Crippen LogP contribution is 2.25. The highest BCUT2D eigenvalue weighted by molar-refractivity contribution is 5.90. The summed E-state index contributed by atoms with van der Waals surface area (Å²) in [5.41, 5.74) is 0.0612. The smallest absolute Gasteiger partial charge is 0.342 e. The average Bonchev–Trinajstić information content (AvgIpc) is 2.75. The molecule has 0 aliphatic carbocycles. The number of rotatable bonds is 9. The molecule has 0 bridgehead atoms. The first kappa shape index (κ1) is 22.7. The maximum Gasteiger partial charge on any atom is 0.342 e. The van der Waals surface area contributed by atoms with Gasteiger partial charge in [-0.3, -0.25) is 9.59 Å². The molecular formula is C21H18F2O7. The van der Waals surface area contributed by atoms with Crippen LogP contribution in [0.15, 0.2) is 60.7 Å². The van der Waals surface area contributed by atoms with Gasteiger partial charge < -0.3 is 14.2 Å². The van der Waals surface area contributed by atoms with Crippen molar-refractivity contribution in [2.24, 2.45) is 0 Å². The van der Waals surface area contributed by atoms with Crippen molar-refractivity contribution in [3.05, 3.63) is 71.8 Å². The molecule has 30 heavy (non-hydrogen) atoms. The summed E-state index contributed by atoms with van der Waals surface area (Å²) >= 11 is 0. The van der Waals surface area contributed by atoms with Crippen LogP contribution < -0.4 is 0 Å². The van der Waals surface area contributed by atoms with Crippen LogP contribution >= 0.6 is 0 Å². The first-order valence-electron chi connectivity index (χ1n) is 8.74. The van der Waals surface area contributed by atoms with Crippen molar-refractivity contribution in [3.63, 3.8) is 0 Å². The van der Waals surface area contributed by atoms with Crippen LogP contribution in [0, 0.1) is 0 Å². The molecule has 0 amide bonds. The summed E-state index contributed by atoms with van der Waals surface area (Å²) in [6.07, 6.45) is -5.18. The van der Waals surface area contributed by atoms with Crippen molar-refractivity contribution in [3.8, 4) is 0 Å². The van der Waals surface area contributed by atoms with Gasteiger partial charge in [0.25, 0.3) is 0 Å². The van der Waals surface area contributed by atoms with E-state index in [0.717, 1.165) is 6.92 Å². The lowest BCUT2D eigenvalue weighted by atomic mass is 10.1. The van der Waals surface area contributed by atoms with Crippen LogP contribution in [0.3, 0.4) is 0 Å². The molecule has 0 aliphatic heterocycles. The lowest BCUT2D eigenvalue weighted by molar-refractivity contribution is -0.184. The Bertz CT molecular complexity index is 885. The van der Waals surface area contributed by atoms with Crippen LogP contribution in [0.25, 0.3) is 0 Å². The van der Waals surface area contributed by atoms with Gasteiger partial charge in [-0.15, -0.1) is 0 Å². The monoisotopic (exact) mass is 420 g/mol. The molecule has 9 heteroatoms. The zero-order valence-corrected chi connectivity index (χ0v) is 15.8. The second kappa shape index (κ2) is 10.2. The SMILES string of the molecule is CC(=O)O[C@H](COC(=O)c1ccccc1)[C@@H](OC(=O)c1ccccc1)C(F)(F)C=O. The van der Waals surface area contributed by atoms with E-state index in [4.69, 9.17) is 14.2 Å². The Labute approximate surface area is 170 Å². The third kappa shape index (κ3) is 6.20. The van der Waals surface area contributed by atoms with Crippen LogP contribution in [0.5, 0.6) is 0 Å². The predicted octanol–water partition coefficient (Wildman–Crippen LogP) is 2.83. The molecule has 2 aromatic rings. The van der Waals surface area contributed by atoms with Gasteiger partial charge in [0.1, 0.15) is 6.61 Å². The van der Waals surface area contributed by atoms with Crippen LogP contribution in [-0.4, -0.2) is 48.9 Å². The minimum absolute atomic E-state index is 0.0629. The fourth-order valence-corrected chi connectivity index (χ4v) is 2.44. The molecule has 0 saturated heterocycles. The normalized spacial score (nSPS) is 12.9. The molecule has 158 valence electrons. The molecule has 0 unspecified atom stereocenters. The van der Waals surface area contributed by atoms with Gasteiger partial charge in [0.05, 0.1) is 11.1 Å². The highest BCUT2D eigenvalue weighted by atomic mass is 19.3. The molecular weight excluding hydrogens is 402 g/mol.